The van der Waals surface area contributed by atoms with Crippen LogP contribution in [0.2, 0.25) is 0 Å². The van der Waals surface area contributed by atoms with E-state index in [1.807, 2.05) is 0 Å². The maximum absolute atomic E-state index is 2.34. The second-order valence-electron chi connectivity index (χ2n) is 7.90. The van der Waals surface area contributed by atoms with E-state index < -0.39 is 0 Å². The van der Waals surface area contributed by atoms with Crippen molar-refractivity contribution in [1.82, 2.24) is 0 Å². The van der Waals surface area contributed by atoms with Gasteiger partial charge in [-0.05, 0) is 69.8 Å². The maximum Gasteiger partial charge on any atom is -0.00238 e. The molecule has 0 bridgehead atoms. The van der Waals surface area contributed by atoms with Crippen LogP contribution in [0.3, 0.4) is 0 Å². The minimum atomic E-state index is 1.18. The summed E-state index contributed by atoms with van der Waals surface area (Å²) in [4.78, 5) is 0. The van der Waals surface area contributed by atoms with Crippen LogP contribution in [0.1, 0.15) is 36.8 Å². The molecule has 0 heterocycles. The summed E-state index contributed by atoms with van der Waals surface area (Å²) >= 11 is 0. The molecule has 0 saturated heterocycles. The van der Waals surface area contributed by atoms with Crippen LogP contribution in [0, 0.1) is 0 Å². The minimum Gasteiger partial charge on any atom is -0.0622 e. The number of hydrogen-bond donors (Lipinski definition) is 0. The average molecular weight is 363 g/mol. The predicted molar refractivity (Wildman–Crippen MR) is 121 cm³/mol. The molecule has 0 heteroatoms. The van der Waals surface area contributed by atoms with Crippen molar-refractivity contribution in [3.8, 4) is 22.3 Å². The zero-order valence-electron chi connectivity index (χ0n) is 16.3. The van der Waals surface area contributed by atoms with Gasteiger partial charge in [0.1, 0.15) is 0 Å². The summed E-state index contributed by atoms with van der Waals surface area (Å²) in [6, 6.07) is 31.1. The average Bonchev–Trinajstić information content (AvgIpc) is 2.74. The molecule has 0 fully saturated rings. The molecule has 0 aromatic heterocycles. The first-order valence-corrected chi connectivity index (χ1v) is 10.6. The molecule has 0 unspecified atom stereocenters. The lowest BCUT2D eigenvalue weighted by molar-refractivity contribution is 0.620. The highest BCUT2D eigenvalue weighted by molar-refractivity contribution is 6.07. The molecule has 28 heavy (non-hydrogen) atoms. The smallest absolute Gasteiger partial charge is 0.00238 e. The van der Waals surface area contributed by atoms with Crippen LogP contribution in [0.15, 0.2) is 84.9 Å². The Bertz CT molecular complexity index is 1090. The highest BCUT2D eigenvalue weighted by Gasteiger charge is 2.21. The molecule has 4 aromatic rings. The van der Waals surface area contributed by atoms with Gasteiger partial charge in [-0.3, -0.25) is 0 Å². The van der Waals surface area contributed by atoms with E-state index in [0.29, 0.717) is 0 Å². The van der Waals surface area contributed by atoms with Crippen molar-refractivity contribution in [3.63, 3.8) is 0 Å². The van der Waals surface area contributed by atoms with Gasteiger partial charge in [0.15, 0.2) is 0 Å². The summed E-state index contributed by atoms with van der Waals surface area (Å²) in [6.45, 7) is 0. The summed E-state index contributed by atoms with van der Waals surface area (Å²) in [6.07, 6.45) is 7.68. The second kappa shape index (κ2) is 7.64. The van der Waals surface area contributed by atoms with Crippen molar-refractivity contribution >= 4 is 10.8 Å². The van der Waals surface area contributed by atoms with Gasteiger partial charge < -0.3 is 0 Å². The second-order valence-corrected chi connectivity index (χ2v) is 7.90. The highest BCUT2D eigenvalue weighted by Crippen LogP contribution is 2.44. The molecule has 0 radical (unpaired) electrons. The SMILES string of the molecule is c1ccc(-c2c3c(c4ccccc4c2-c2ccccc2)CCCCCC3)cc1. The van der Waals surface area contributed by atoms with Crippen molar-refractivity contribution in [3.05, 3.63) is 96.1 Å². The van der Waals surface area contributed by atoms with E-state index in [4.69, 9.17) is 0 Å². The van der Waals surface area contributed by atoms with E-state index in [9.17, 15) is 0 Å². The summed E-state index contributed by atoms with van der Waals surface area (Å²) in [7, 11) is 0. The normalized spacial score (nSPS) is 14.3. The Morgan fingerprint density at radius 2 is 0.893 bits per heavy atom. The van der Waals surface area contributed by atoms with Gasteiger partial charge in [0.25, 0.3) is 0 Å². The first-order chi connectivity index (χ1) is 13.9. The zero-order valence-corrected chi connectivity index (χ0v) is 16.3. The fourth-order valence-electron chi connectivity index (χ4n) is 4.91. The van der Waals surface area contributed by atoms with Crippen LogP contribution in [-0.4, -0.2) is 0 Å². The van der Waals surface area contributed by atoms with Crippen molar-refractivity contribution in [2.75, 3.05) is 0 Å². The first kappa shape index (κ1) is 17.3. The van der Waals surface area contributed by atoms with Gasteiger partial charge in [0.2, 0.25) is 0 Å². The molecule has 138 valence electrons. The minimum absolute atomic E-state index is 1.18. The Balaban J connectivity index is 1.94. The topological polar surface area (TPSA) is 0 Å². The van der Waals surface area contributed by atoms with Crippen LogP contribution in [0.25, 0.3) is 33.0 Å². The summed E-state index contributed by atoms with van der Waals surface area (Å²) in [5.41, 5.74) is 8.72. The van der Waals surface area contributed by atoms with Gasteiger partial charge in [0, 0.05) is 0 Å². The lowest BCUT2D eigenvalue weighted by atomic mass is 9.79. The van der Waals surface area contributed by atoms with Crippen LogP contribution in [0.4, 0.5) is 0 Å². The molecule has 0 saturated carbocycles. The Labute approximate surface area is 167 Å². The first-order valence-electron chi connectivity index (χ1n) is 10.6. The van der Waals surface area contributed by atoms with E-state index in [2.05, 4.69) is 84.9 Å². The number of hydrogen-bond acceptors (Lipinski definition) is 0. The van der Waals surface area contributed by atoms with E-state index in [0.717, 1.165) is 0 Å². The van der Waals surface area contributed by atoms with Crippen molar-refractivity contribution in [2.24, 2.45) is 0 Å². The molecule has 0 nitrogen and oxygen atoms in total. The third-order valence-electron chi connectivity index (χ3n) is 6.17. The zero-order chi connectivity index (χ0) is 18.8. The van der Waals surface area contributed by atoms with Gasteiger partial charge in [-0.15, -0.1) is 0 Å². The lowest BCUT2D eigenvalue weighted by Gasteiger charge is -2.25. The van der Waals surface area contributed by atoms with Crippen molar-refractivity contribution in [2.45, 2.75) is 38.5 Å². The largest absolute Gasteiger partial charge is 0.0622 e. The molecule has 0 N–H and O–H groups in total. The van der Waals surface area contributed by atoms with Crippen LogP contribution >= 0.6 is 0 Å². The fourth-order valence-corrected chi connectivity index (χ4v) is 4.91. The summed E-state index contributed by atoms with van der Waals surface area (Å²) in [5.74, 6) is 0. The van der Waals surface area contributed by atoms with Crippen LogP contribution in [0.5, 0.6) is 0 Å². The molecular formula is C28H26. The fraction of sp³-hybridized carbons (Fsp3) is 0.214. The molecule has 0 spiro atoms. The van der Waals surface area contributed by atoms with Crippen molar-refractivity contribution < 1.29 is 0 Å². The molecule has 5 rings (SSSR count). The van der Waals surface area contributed by atoms with E-state index in [1.54, 1.807) is 11.1 Å². The van der Waals surface area contributed by atoms with Gasteiger partial charge in [-0.2, -0.15) is 0 Å². The lowest BCUT2D eigenvalue weighted by Crippen LogP contribution is -2.05. The molecule has 0 amide bonds. The highest BCUT2D eigenvalue weighted by atomic mass is 14.2. The van der Waals surface area contributed by atoms with Gasteiger partial charge in [-0.25, -0.2) is 0 Å². The van der Waals surface area contributed by atoms with Gasteiger partial charge >= 0.3 is 0 Å². The number of fused-ring (bicyclic) bond motifs is 3. The van der Waals surface area contributed by atoms with E-state index >= 15 is 0 Å². The molecule has 1 aliphatic carbocycles. The standard InChI is InChI=1S/C28H26/c1-2-10-19-25-23(17-9-1)24-18-11-12-20-26(24)28(22-15-7-4-8-16-22)27(25)21-13-5-3-6-14-21/h3-8,11-16,18,20H,1-2,9-10,17,19H2. The summed E-state index contributed by atoms with van der Waals surface area (Å²) < 4.78 is 0. The van der Waals surface area contributed by atoms with E-state index in [1.165, 1.54) is 71.6 Å². The van der Waals surface area contributed by atoms with E-state index in [-0.39, 0.29) is 0 Å². The number of aryl methyl sites for hydroxylation is 1. The molecular weight excluding hydrogens is 336 g/mol. The van der Waals surface area contributed by atoms with Gasteiger partial charge in [0.05, 0.1) is 0 Å². The molecule has 0 atom stereocenters. The molecule has 0 aliphatic heterocycles. The van der Waals surface area contributed by atoms with Crippen molar-refractivity contribution in [1.29, 1.82) is 0 Å². The predicted octanol–water partition coefficient (Wildman–Crippen LogP) is 7.83. The Hall–Kier alpha value is -2.86. The number of rotatable bonds is 2. The number of benzene rings is 4. The maximum atomic E-state index is 2.34. The van der Waals surface area contributed by atoms with Crippen LogP contribution < -0.4 is 0 Å². The third kappa shape index (κ3) is 3.03. The Morgan fingerprint density at radius 1 is 0.393 bits per heavy atom. The Kier molecular flexibility index (Phi) is 4.71. The molecule has 4 aromatic carbocycles. The van der Waals surface area contributed by atoms with Gasteiger partial charge in [-0.1, -0.05) is 97.8 Å². The van der Waals surface area contributed by atoms with Crippen LogP contribution in [-0.2, 0) is 12.8 Å². The Morgan fingerprint density at radius 3 is 1.54 bits per heavy atom. The third-order valence-corrected chi connectivity index (χ3v) is 6.17. The monoisotopic (exact) mass is 362 g/mol. The summed E-state index contributed by atoms with van der Waals surface area (Å²) in [5, 5.41) is 2.85. The molecule has 1 aliphatic rings. The quantitative estimate of drug-likeness (QED) is 0.341.